The lowest BCUT2D eigenvalue weighted by molar-refractivity contribution is -0.142. The summed E-state index contributed by atoms with van der Waals surface area (Å²) in [5.41, 5.74) is 1.01. The molecule has 2 aliphatic rings. The number of hydrogen-bond acceptors (Lipinski definition) is 5. The second-order valence-corrected chi connectivity index (χ2v) is 8.67. The summed E-state index contributed by atoms with van der Waals surface area (Å²) in [6.07, 6.45) is 1.57. The van der Waals surface area contributed by atoms with Gasteiger partial charge < -0.3 is 29.3 Å². The number of carbonyl (C=O) groups is 1. The van der Waals surface area contributed by atoms with E-state index in [1.54, 1.807) is 21.3 Å². The van der Waals surface area contributed by atoms with Crippen molar-refractivity contribution in [3.05, 3.63) is 23.8 Å². The predicted octanol–water partition coefficient (Wildman–Crippen LogP) is 2.50. The van der Waals surface area contributed by atoms with Crippen LogP contribution < -0.4 is 14.8 Å². The Hall–Kier alpha value is -1.75. The maximum Gasteiger partial charge on any atom is 0.251 e. The van der Waals surface area contributed by atoms with Gasteiger partial charge in [-0.3, -0.25) is 9.79 Å². The Morgan fingerprint density at radius 2 is 1.81 bits per heavy atom. The Morgan fingerprint density at radius 3 is 2.38 bits per heavy atom. The Labute approximate surface area is 208 Å². The van der Waals surface area contributed by atoms with Crippen molar-refractivity contribution in [1.29, 1.82) is 0 Å². The Kier molecular flexibility index (Phi) is 9.87. The van der Waals surface area contributed by atoms with Crippen molar-refractivity contribution < 1.29 is 19.0 Å². The molecule has 8 nitrogen and oxygen atoms in total. The zero-order valence-electron chi connectivity index (χ0n) is 19.8. The number of halogens is 1. The molecule has 1 atom stereocenters. The van der Waals surface area contributed by atoms with E-state index in [0.717, 1.165) is 49.0 Å². The van der Waals surface area contributed by atoms with E-state index in [1.807, 2.05) is 17.0 Å². The number of benzene rings is 1. The highest BCUT2D eigenvalue weighted by molar-refractivity contribution is 14.0. The molecule has 32 heavy (non-hydrogen) atoms. The molecule has 0 radical (unpaired) electrons. The van der Waals surface area contributed by atoms with Gasteiger partial charge in [0.1, 0.15) is 6.10 Å². The highest BCUT2D eigenvalue weighted by Gasteiger charge is 2.31. The number of amides is 1. The van der Waals surface area contributed by atoms with Crippen LogP contribution >= 0.6 is 24.0 Å². The molecule has 9 heteroatoms. The van der Waals surface area contributed by atoms with E-state index >= 15 is 0 Å². The molecule has 0 bridgehead atoms. The number of nitrogens with zero attached hydrogens (tertiary/aromatic N) is 3. The van der Waals surface area contributed by atoms with Crippen LogP contribution in [0.15, 0.2) is 23.2 Å². The summed E-state index contributed by atoms with van der Waals surface area (Å²) in [7, 11) is 5.09. The summed E-state index contributed by atoms with van der Waals surface area (Å²) >= 11 is 0. The molecule has 0 aromatic heterocycles. The van der Waals surface area contributed by atoms with Gasteiger partial charge in [-0.05, 0) is 30.5 Å². The van der Waals surface area contributed by atoms with Gasteiger partial charge in [-0.1, -0.05) is 19.9 Å². The third-order valence-corrected chi connectivity index (χ3v) is 6.16. The van der Waals surface area contributed by atoms with Gasteiger partial charge in [0.05, 0.1) is 14.2 Å². The van der Waals surface area contributed by atoms with Crippen LogP contribution in [-0.2, 0) is 14.9 Å². The zero-order chi connectivity index (χ0) is 22.4. The van der Waals surface area contributed by atoms with E-state index in [9.17, 15) is 4.79 Å². The highest BCUT2D eigenvalue weighted by Crippen LogP contribution is 2.33. The van der Waals surface area contributed by atoms with Crippen LogP contribution in [0.3, 0.4) is 0 Å². The molecule has 0 aliphatic carbocycles. The fraction of sp³-hybridized carbons (Fsp3) is 0.652. The number of rotatable bonds is 6. The molecule has 2 heterocycles. The highest BCUT2D eigenvalue weighted by atomic mass is 127. The quantitative estimate of drug-likeness (QED) is 0.328. The molecule has 1 aromatic rings. The summed E-state index contributed by atoms with van der Waals surface area (Å²) in [5.74, 6) is 2.44. The summed E-state index contributed by atoms with van der Waals surface area (Å²) in [5, 5.41) is 3.52. The fourth-order valence-corrected chi connectivity index (χ4v) is 4.11. The first kappa shape index (κ1) is 26.5. The van der Waals surface area contributed by atoms with Crippen LogP contribution in [0.2, 0.25) is 0 Å². The molecule has 1 N–H and O–H groups in total. The zero-order valence-corrected chi connectivity index (χ0v) is 22.2. The van der Waals surface area contributed by atoms with E-state index in [-0.39, 0.29) is 41.4 Å². The van der Waals surface area contributed by atoms with Crippen LogP contribution in [0.4, 0.5) is 0 Å². The lowest BCUT2D eigenvalue weighted by Crippen LogP contribution is -2.56. The van der Waals surface area contributed by atoms with Crippen molar-refractivity contribution in [1.82, 2.24) is 15.1 Å². The Morgan fingerprint density at radius 1 is 1.16 bits per heavy atom. The number of nitrogens with one attached hydrogen (secondary N) is 1. The molecule has 0 saturated carbocycles. The van der Waals surface area contributed by atoms with Gasteiger partial charge in [0.2, 0.25) is 0 Å². The minimum Gasteiger partial charge on any atom is -0.493 e. The van der Waals surface area contributed by atoms with E-state index in [2.05, 4.69) is 35.1 Å². The molecular weight excluding hydrogens is 523 g/mol. The molecule has 2 saturated heterocycles. The summed E-state index contributed by atoms with van der Waals surface area (Å²) in [6, 6.07) is 6.04. The van der Waals surface area contributed by atoms with E-state index in [1.165, 1.54) is 0 Å². The second-order valence-electron chi connectivity index (χ2n) is 8.67. The molecule has 3 rings (SSSR count). The monoisotopic (exact) mass is 560 g/mol. The van der Waals surface area contributed by atoms with Crippen LogP contribution in [0.25, 0.3) is 0 Å². The van der Waals surface area contributed by atoms with Crippen LogP contribution in [0.5, 0.6) is 11.5 Å². The molecule has 180 valence electrons. The SMILES string of the molecule is CN=C(NCC(C)(C)c1ccc(OC)c(OC)c1)N1CCN(C(=O)C2CCCO2)CC1.I. The third-order valence-electron chi connectivity index (χ3n) is 6.16. The average molecular weight is 560 g/mol. The van der Waals surface area contributed by atoms with Crippen molar-refractivity contribution in [2.24, 2.45) is 4.99 Å². The first-order valence-electron chi connectivity index (χ1n) is 11.0. The van der Waals surface area contributed by atoms with E-state index in [4.69, 9.17) is 14.2 Å². The molecule has 2 aliphatic heterocycles. The summed E-state index contributed by atoms with van der Waals surface area (Å²) in [6.45, 7) is 8.69. The van der Waals surface area contributed by atoms with E-state index in [0.29, 0.717) is 26.2 Å². The van der Waals surface area contributed by atoms with Crippen molar-refractivity contribution in [2.45, 2.75) is 38.2 Å². The number of aliphatic imine (C=N–C) groups is 1. The van der Waals surface area contributed by atoms with Crippen molar-refractivity contribution in [3.63, 3.8) is 0 Å². The van der Waals surface area contributed by atoms with Crippen molar-refractivity contribution in [2.75, 3.05) is 60.6 Å². The number of methoxy groups -OCH3 is 2. The second kappa shape index (κ2) is 11.9. The number of piperazine rings is 1. The maximum atomic E-state index is 12.6. The lowest BCUT2D eigenvalue weighted by atomic mass is 9.84. The summed E-state index contributed by atoms with van der Waals surface area (Å²) < 4.78 is 16.4. The molecule has 1 unspecified atom stereocenters. The lowest BCUT2D eigenvalue weighted by Gasteiger charge is -2.38. The average Bonchev–Trinajstić information content (AvgIpc) is 3.34. The number of hydrogen-bond donors (Lipinski definition) is 1. The normalized spacial score (nSPS) is 19.4. The van der Waals surface area contributed by atoms with E-state index < -0.39 is 0 Å². The topological polar surface area (TPSA) is 75.6 Å². The number of ether oxygens (including phenoxy) is 3. The van der Waals surface area contributed by atoms with Crippen LogP contribution in [0.1, 0.15) is 32.3 Å². The third kappa shape index (κ3) is 6.18. The number of guanidine groups is 1. The minimum atomic E-state index is -0.244. The van der Waals surface area contributed by atoms with Crippen molar-refractivity contribution >= 4 is 35.8 Å². The van der Waals surface area contributed by atoms with Gasteiger partial charge in [-0.25, -0.2) is 0 Å². The minimum absolute atomic E-state index is 0. The van der Waals surface area contributed by atoms with Gasteiger partial charge in [-0.15, -0.1) is 24.0 Å². The molecule has 1 amide bonds. The van der Waals surface area contributed by atoms with Crippen molar-refractivity contribution in [3.8, 4) is 11.5 Å². The smallest absolute Gasteiger partial charge is 0.251 e. The fourth-order valence-electron chi connectivity index (χ4n) is 4.11. The van der Waals surface area contributed by atoms with Gasteiger partial charge >= 0.3 is 0 Å². The van der Waals surface area contributed by atoms with Crippen LogP contribution in [-0.4, -0.2) is 88.4 Å². The van der Waals surface area contributed by atoms with Gasteiger partial charge in [0.15, 0.2) is 17.5 Å². The first-order chi connectivity index (χ1) is 14.9. The molecular formula is C23H37IN4O4. The van der Waals surface area contributed by atoms with Gasteiger partial charge in [-0.2, -0.15) is 0 Å². The maximum absolute atomic E-state index is 12.6. The van der Waals surface area contributed by atoms with Crippen LogP contribution in [0, 0.1) is 0 Å². The Balaban J connectivity index is 0.00000363. The number of carbonyl (C=O) groups excluding carboxylic acids is 1. The molecule has 1 aromatic carbocycles. The van der Waals surface area contributed by atoms with Gasteiger partial charge in [0, 0.05) is 51.8 Å². The summed E-state index contributed by atoms with van der Waals surface area (Å²) in [4.78, 5) is 21.2. The predicted molar refractivity (Wildman–Crippen MR) is 136 cm³/mol. The van der Waals surface area contributed by atoms with Gasteiger partial charge in [0.25, 0.3) is 5.91 Å². The first-order valence-corrected chi connectivity index (χ1v) is 11.0. The molecule has 2 fully saturated rings. The largest absolute Gasteiger partial charge is 0.493 e. The standard InChI is InChI=1S/C23H36N4O4.HI/c1-23(2,17-8-9-18(29-4)20(15-17)30-5)16-25-22(24-3)27-12-10-26(11-13-27)21(28)19-7-6-14-31-19;/h8-9,15,19H,6-7,10-14,16H2,1-5H3,(H,24,25);1H. The molecule has 0 spiro atoms. The Bertz CT molecular complexity index is 788.